The maximum Gasteiger partial charge on any atom is 0.266 e. The molecule has 2 amide bonds. The van der Waals surface area contributed by atoms with Gasteiger partial charge in [-0.05, 0) is 29.8 Å². The van der Waals surface area contributed by atoms with Gasteiger partial charge in [-0.25, -0.2) is 4.39 Å². The summed E-state index contributed by atoms with van der Waals surface area (Å²) < 4.78 is 14.1. The molecule has 6 nitrogen and oxygen atoms in total. The van der Waals surface area contributed by atoms with Crippen molar-refractivity contribution in [1.82, 2.24) is 9.80 Å². The molecule has 0 spiro atoms. The Morgan fingerprint density at radius 3 is 2.60 bits per heavy atom. The van der Waals surface area contributed by atoms with E-state index in [4.69, 9.17) is 12.2 Å². The highest BCUT2D eigenvalue weighted by Crippen LogP contribution is 2.33. The largest absolute Gasteiger partial charge is 0.508 e. The molecule has 2 N–H and O–H groups in total. The predicted molar refractivity (Wildman–Crippen MR) is 117 cm³/mol. The first-order valence-corrected chi connectivity index (χ1v) is 10.2. The monoisotopic (exact) mass is 446 g/mol. The Bertz CT molecular complexity index is 1010. The van der Waals surface area contributed by atoms with Gasteiger partial charge in [-0.2, -0.15) is 0 Å². The van der Waals surface area contributed by atoms with Crippen molar-refractivity contribution in [1.29, 1.82) is 0 Å². The zero-order valence-electron chi connectivity index (χ0n) is 16.0. The van der Waals surface area contributed by atoms with Gasteiger partial charge in [0.25, 0.3) is 5.91 Å². The molecule has 0 saturated carbocycles. The minimum absolute atomic E-state index is 0.00344. The number of phenols is 1. The van der Waals surface area contributed by atoms with Gasteiger partial charge in [-0.3, -0.25) is 14.5 Å². The summed E-state index contributed by atoms with van der Waals surface area (Å²) in [5.74, 6) is -1.25. The van der Waals surface area contributed by atoms with E-state index in [0.29, 0.717) is 5.56 Å². The third-order valence-corrected chi connectivity index (χ3v) is 5.89. The van der Waals surface area contributed by atoms with Gasteiger partial charge in [0.15, 0.2) is 0 Å². The molecule has 1 aliphatic rings. The summed E-state index contributed by atoms with van der Waals surface area (Å²) in [5, 5.41) is 19.6. The molecular weight excluding hydrogens is 427 g/mol. The molecule has 0 radical (unpaired) electrons. The van der Waals surface area contributed by atoms with E-state index in [9.17, 15) is 24.2 Å². The molecule has 1 heterocycles. The molecule has 1 unspecified atom stereocenters. The van der Waals surface area contributed by atoms with E-state index in [1.807, 2.05) is 0 Å². The molecule has 2 aromatic rings. The minimum Gasteiger partial charge on any atom is -0.508 e. The molecule has 1 fully saturated rings. The fourth-order valence-electron chi connectivity index (χ4n) is 2.79. The summed E-state index contributed by atoms with van der Waals surface area (Å²) in [6.45, 7) is -0.276. The molecule has 156 valence electrons. The van der Waals surface area contributed by atoms with E-state index in [0.717, 1.165) is 11.8 Å². The maximum atomic E-state index is 13.9. The number of hydrogen-bond acceptors (Lipinski definition) is 6. The fourth-order valence-corrected chi connectivity index (χ4v) is 4.03. The fraction of sp³-hybridized carbons (Fsp3) is 0.190. The standard InChI is InChI=1S/C21H19FN2O4S2/c1-23(11-17(26)13-6-8-15(25)9-7-13)19(27)12-24-20(28)18(30-21(24)29)10-14-4-2-3-5-16(14)22/h2-10,17,25-26H,11-12H2,1H3/b18-10-. The second kappa shape index (κ2) is 9.38. The number of benzene rings is 2. The molecule has 1 aliphatic heterocycles. The number of aliphatic hydroxyl groups excluding tert-OH is 1. The van der Waals surface area contributed by atoms with Crippen LogP contribution in [0.4, 0.5) is 4.39 Å². The summed E-state index contributed by atoms with van der Waals surface area (Å²) in [6, 6.07) is 12.1. The number of nitrogens with zero attached hydrogens (tertiary/aromatic N) is 2. The van der Waals surface area contributed by atoms with E-state index < -0.39 is 23.7 Å². The lowest BCUT2D eigenvalue weighted by Gasteiger charge is -2.23. The van der Waals surface area contributed by atoms with E-state index in [-0.39, 0.29) is 33.6 Å². The van der Waals surface area contributed by atoms with Crippen molar-refractivity contribution in [3.8, 4) is 5.75 Å². The average Bonchev–Trinajstić information content (AvgIpc) is 2.97. The third kappa shape index (κ3) is 5.05. The Kier molecular flexibility index (Phi) is 6.86. The number of amides is 2. The van der Waals surface area contributed by atoms with Crippen LogP contribution in [0.3, 0.4) is 0 Å². The first-order valence-electron chi connectivity index (χ1n) is 8.97. The molecule has 0 aromatic heterocycles. The Labute approximate surface area is 182 Å². The Morgan fingerprint density at radius 1 is 1.27 bits per heavy atom. The van der Waals surface area contributed by atoms with Crippen LogP contribution in [0.25, 0.3) is 6.08 Å². The van der Waals surface area contributed by atoms with Crippen LogP contribution in [0.15, 0.2) is 53.4 Å². The van der Waals surface area contributed by atoms with Gasteiger partial charge in [-0.1, -0.05) is 54.3 Å². The van der Waals surface area contributed by atoms with Crippen molar-refractivity contribution < 1.29 is 24.2 Å². The minimum atomic E-state index is -0.952. The second-order valence-corrected chi connectivity index (χ2v) is 8.35. The highest BCUT2D eigenvalue weighted by molar-refractivity contribution is 8.26. The summed E-state index contributed by atoms with van der Waals surface area (Å²) in [7, 11) is 1.51. The number of hydrogen-bond donors (Lipinski definition) is 2. The number of carbonyl (C=O) groups is 2. The van der Waals surface area contributed by atoms with Crippen LogP contribution in [-0.4, -0.2) is 56.3 Å². The predicted octanol–water partition coefficient (Wildman–Crippen LogP) is 2.92. The lowest BCUT2D eigenvalue weighted by Crippen LogP contribution is -2.41. The molecule has 30 heavy (non-hydrogen) atoms. The normalized spacial score (nSPS) is 16.2. The lowest BCUT2D eigenvalue weighted by atomic mass is 10.1. The third-order valence-electron chi connectivity index (χ3n) is 4.51. The Hall–Kier alpha value is -2.75. The van der Waals surface area contributed by atoms with Crippen molar-refractivity contribution in [2.24, 2.45) is 0 Å². The van der Waals surface area contributed by atoms with Gasteiger partial charge in [0.05, 0.1) is 17.6 Å². The van der Waals surface area contributed by atoms with Crippen molar-refractivity contribution in [2.45, 2.75) is 6.10 Å². The first-order chi connectivity index (χ1) is 14.3. The molecular formula is C21H19FN2O4S2. The van der Waals surface area contributed by atoms with Gasteiger partial charge >= 0.3 is 0 Å². The number of aromatic hydroxyl groups is 1. The summed E-state index contributed by atoms with van der Waals surface area (Å²) in [4.78, 5) is 27.9. The van der Waals surface area contributed by atoms with Crippen molar-refractivity contribution in [3.05, 3.63) is 70.4 Å². The molecule has 3 rings (SSSR count). The van der Waals surface area contributed by atoms with Crippen molar-refractivity contribution >= 4 is 46.2 Å². The number of likely N-dealkylation sites (N-methyl/N-ethyl adjacent to an activating group) is 1. The van der Waals surface area contributed by atoms with Gasteiger partial charge in [0.1, 0.15) is 22.4 Å². The van der Waals surface area contributed by atoms with Crippen LogP contribution >= 0.6 is 24.0 Å². The smallest absolute Gasteiger partial charge is 0.266 e. The molecule has 9 heteroatoms. The molecule has 1 atom stereocenters. The topological polar surface area (TPSA) is 81.1 Å². The quantitative estimate of drug-likeness (QED) is 0.525. The molecule has 1 saturated heterocycles. The summed E-state index contributed by atoms with van der Waals surface area (Å²) in [5.41, 5.74) is 0.810. The number of phenolic OH excluding ortho intramolecular Hbond substituents is 1. The zero-order valence-corrected chi connectivity index (χ0v) is 17.6. The number of aliphatic hydroxyl groups is 1. The summed E-state index contributed by atoms with van der Waals surface area (Å²) >= 11 is 6.22. The Morgan fingerprint density at radius 2 is 1.93 bits per heavy atom. The number of thioether (sulfide) groups is 1. The number of halogens is 1. The molecule has 2 aromatic carbocycles. The first kappa shape index (κ1) is 21.9. The van der Waals surface area contributed by atoms with Crippen LogP contribution in [0.2, 0.25) is 0 Å². The van der Waals surface area contributed by atoms with Gasteiger partial charge in [0, 0.05) is 12.6 Å². The summed E-state index contributed by atoms with van der Waals surface area (Å²) in [6.07, 6.45) is 0.462. The van der Waals surface area contributed by atoms with E-state index >= 15 is 0 Å². The number of rotatable bonds is 6. The van der Waals surface area contributed by atoms with Crippen LogP contribution in [-0.2, 0) is 9.59 Å². The van der Waals surface area contributed by atoms with E-state index in [1.165, 1.54) is 41.1 Å². The van der Waals surface area contributed by atoms with Crippen LogP contribution in [0.1, 0.15) is 17.2 Å². The highest BCUT2D eigenvalue weighted by atomic mass is 32.2. The van der Waals surface area contributed by atoms with Crippen molar-refractivity contribution in [3.63, 3.8) is 0 Å². The highest BCUT2D eigenvalue weighted by Gasteiger charge is 2.34. The SMILES string of the molecule is CN(CC(O)c1ccc(O)cc1)C(=O)CN1C(=O)/C(=C/c2ccccc2F)SC1=S. The number of carbonyl (C=O) groups excluding carboxylic acids is 2. The lowest BCUT2D eigenvalue weighted by molar-refractivity contribution is -0.135. The van der Waals surface area contributed by atoms with Gasteiger partial charge in [-0.15, -0.1) is 0 Å². The zero-order chi connectivity index (χ0) is 21.8. The van der Waals surface area contributed by atoms with E-state index in [2.05, 4.69) is 0 Å². The van der Waals surface area contributed by atoms with Crippen LogP contribution in [0, 0.1) is 5.82 Å². The van der Waals surface area contributed by atoms with Crippen LogP contribution < -0.4 is 0 Å². The Balaban J connectivity index is 1.64. The van der Waals surface area contributed by atoms with Gasteiger partial charge in [0.2, 0.25) is 5.91 Å². The molecule has 0 bridgehead atoms. The van der Waals surface area contributed by atoms with Crippen molar-refractivity contribution in [2.75, 3.05) is 20.1 Å². The van der Waals surface area contributed by atoms with Crippen LogP contribution in [0.5, 0.6) is 5.75 Å². The second-order valence-electron chi connectivity index (χ2n) is 6.67. The molecule has 0 aliphatic carbocycles. The maximum absolute atomic E-state index is 13.9. The van der Waals surface area contributed by atoms with Gasteiger partial charge < -0.3 is 15.1 Å². The number of thiocarbonyl (C=S) groups is 1. The van der Waals surface area contributed by atoms with E-state index in [1.54, 1.807) is 30.3 Å². The average molecular weight is 447 g/mol.